The van der Waals surface area contributed by atoms with Crippen molar-refractivity contribution in [3.05, 3.63) is 63.9 Å². The molecular weight excluding hydrogens is 311 g/mol. The predicted octanol–water partition coefficient (Wildman–Crippen LogP) is 3.45. The van der Waals surface area contributed by atoms with Gasteiger partial charge in [-0.05, 0) is 34.1 Å². The summed E-state index contributed by atoms with van der Waals surface area (Å²) in [6.45, 7) is 0.0867. The molecule has 0 aliphatic heterocycles. The number of hydrogen-bond acceptors (Lipinski definition) is 2. The van der Waals surface area contributed by atoms with Gasteiger partial charge in [0, 0.05) is 10.0 Å². The maximum absolute atomic E-state index is 13.5. The third-order valence-electron chi connectivity index (χ3n) is 2.59. The molecule has 5 heteroatoms. The lowest BCUT2D eigenvalue weighted by atomic mass is 10.2. The monoisotopic (exact) mass is 322 g/mol. The Bertz CT molecular complexity index is 616. The lowest BCUT2D eigenvalue weighted by Gasteiger charge is -2.12. The highest BCUT2D eigenvalue weighted by Crippen LogP contribution is 2.27. The van der Waals surface area contributed by atoms with Crippen molar-refractivity contribution in [1.29, 1.82) is 5.41 Å². The van der Waals surface area contributed by atoms with Crippen LogP contribution in [0.3, 0.4) is 0 Å². The lowest BCUT2D eigenvalue weighted by molar-refractivity contribution is 0.299. The summed E-state index contributed by atoms with van der Waals surface area (Å²) in [5, 5.41) is 7.54. The third kappa shape index (κ3) is 3.12. The van der Waals surface area contributed by atoms with E-state index in [1.165, 1.54) is 6.07 Å². The first-order chi connectivity index (χ1) is 9.09. The van der Waals surface area contributed by atoms with Gasteiger partial charge in [0.15, 0.2) is 0 Å². The summed E-state index contributed by atoms with van der Waals surface area (Å²) < 4.78 is 19.7. The molecule has 0 aliphatic carbocycles. The maximum atomic E-state index is 13.5. The van der Waals surface area contributed by atoms with E-state index in [0.717, 1.165) is 0 Å². The number of amidine groups is 1. The fourth-order valence-corrected chi connectivity index (χ4v) is 2.22. The summed E-state index contributed by atoms with van der Waals surface area (Å²) in [5.41, 5.74) is 6.44. The molecule has 2 aromatic rings. The first-order valence-corrected chi connectivity index (χ1v) is 6.38. The molecule has 0 unspecified atom stereocenters. The topological polar surface area (TPSA) is 59.1 Å². The van der Waals surface area contributed by atoms with Crippen LogP contribution in [0.5, 0.6) is 5.75 Å². The summed E-state index contributed by atoms with van der Waals surface area (Å²) in [5.74, 6) is 0.0306. The van der Waals surface area contributed by atoms with Crippen molar-refractivity contribution in [2.24, 2.45) is 5.73 Å². The average Bonchev–Trinajstić information content (AvgIpc) is 2.37. The molecule has 0 bridgehead atoms. The summed E-state index contributed by atoms with van der Waals surface area (Å²) in [6.07, 6.45) is 0. The van der Waals surface area contributed by atoms with Gasteiger partial charge in [0.25, 0.3) is 0 Å². The van der Waals surface area contributed by atoms with Crippen LogP contribution in [-0.2, 0) is 6.61 Å². The van der Waals surface area contributed by atoms with Crippen LogP contribution < -0.4 is 10.5 Å². The largest absolute Gasteiger partial charge is 0.488 e. The molecule has 0 aliphatic rings. The number of benzene rings is 2. The Kier molecular flexibility index (Phi) is 4.16. The van der Waals surface area contributed by atoms with E-state index in [1.807, 2.05) is 0 Å². The van der Waals surface area contributed by atoms with Gasteiger partial charge >= 0.3 is 0 Å². The molecule has 0 saturated heterocycles. The number of nitrogens with two attached hydrogens (primary N) is 1. The van der Waals surface area contributed by atoms with Gasteiger partial charge in [0.1, 0.15) is 24.0 Å². The highest BCUT2D eigenvalue weighted by Gasteiger charge is 2.11. The summed E-state index contributed by atoms with van der Waals surface area (Å²) in [6, 6.07) is 11.6. The van der Waals surface area contributed by atoms with E-state index in [2.05, 4.69) is 15.9 Å². The van der Waals surface area contributed by atoms with E-state index in [9.17, 15) is 4.39 Å². The van der Waals surface area contributed by atoms with E-state index in [-0.39, 0.29) is 18.3 Å². The zero-order chi connectivity index (χ0) is 13.8. The van der Waals surface area contributed by atoms with Gasteiger partial charge in [-0.15, -0.1) is 0 Å². The Hall–Kier alpha value is -1.88. The standard InChI is InChI=1S/C14H12BrFN2O/c15-10-5-3-7-12(13(10)14(17)18)19-8-9-4-1-2-6-11(9)16/h1-7H,8H2,(H3,17,18). The number of nitrogens with one attached hydrogen (secondary N) is 1. The smallest absolute Gasteiger partial charge is 0.131 e. The van der Waals surface area contributed by atoms with Gasteiger partial charge < -0.3 is 10.5 Å². The van der Waals surface area contributed by atoms with Crippen LogP contribution in [0.4, 0.5) is 4.39 Å². The van der Waals surface area contributed by atoms with Gasteiger partial charge in [-0.1, -0.05) is 24.3 Å². The maximum Gasteiger partial charge on any atom is 0.131 e. The molecule has 0 fully saturated rings. The number of rotatable bonds is 4. The Morgan fingerprint density at radius 2 is 1.95 bits per heavy atom. The molecule has 2 rings (SSSR count). The second-order valence-electron chi connectivity index (χ2n) is 3.91. The molecule has 0 amide bonds. The molecule has 0 spiro atoms. The summed E-state index contributed by atoms with van der Waals surface area (Å²) in [7, 11) is 0. The second kappa shape index (κ2) is 5.84. The van der Waals surface area contributed by atoms with Gasteiger partial charge in [-0.2, -0.15) is 0 Å². The first-order valence-electron chi connectivity index (χ1n) is 5.58. The van der Waals surface area contributed by atoms with E-state index in [4.69, 9.17) is 15.9 Å². The van der Waals surface area contributed by atoms with E-state index in [1.54, 1.807) is 36.4 Å². The molecular formula is C14H12BrFN2O. The van der Waals surface area contributed by atoms with Crippen LogP contribution >= 0.6 is 15.9 Å². The van der Waals surface area contributed by atoms with Gasteiger partial charge in [-0.3, -0.25) is 5.41 Å². The van der Waals surface area contributed by atoms with Gasteiger partial charge in [0.05, 0.1) is 5.56 Å². The molecule has 98 valence electrons. The highest BCUT2D eigenvalue weighted by molar-refractivity contribution is 9.10. The Morgan fingerprint density at radius 1 is 1.21 bits per heavy atom. The number of hydrogen-bond donors (Lipinski definition) is 2. The van der Waals surface area contributed by atoms with Crippen LogP contribution in [0, 0.1) is 11.2 Å². The zero-order valence-corrected chi connectivity index (χ0v) is 11.6. The first kappa shape index (κ1) is 13.5. The van der Waals surface area contributed by atoms with Crippen molar-refractivity contribution < 1.29 is 9.13 Å². The Labute approximate surface area is 118 Å². The molecule has 0 radical (unpaired) electrons. The van der Waals surface area contributed by atoms with Crippen molar-refractivity contribution in [2.75, 3.05) is 0 Å². The number of nitrogen functional groups attached to an aromatic ring is 1. The fraction of sp³-hybridized carbons (Fsp3) is 0.0714. The molecule has 0 saturated carbocycles. The summed E-state index contributed by atoms with van der Waals surface area (Å²) in [4.78, 5) is 0. The van der Waals surface area contributed by atoms with Crippen LogP contribution in [0.25, 0.3) is 0 Å². The van der Waals surface area contributed by atoms with Crippen molar-refractivity contribution in [3.8, 4) is 5.75 Å². The summed E-state index contributed by atoms with van der Waals surface area (Å²) >= 11 is 3.31. The van der Waals surface area contributed by atoms with Gasteiger partial charge in [0.2, 0.25) is 0 Å². The van der Waals surface area contributed by atoms with Crippen molar-refractivity contribution in [2.45, 2.75) is 6.61 Å². The normalized spacial score (nSPS) is 10.2. The van der Waals surface area contributed by atoms with E-state index < -0.39 is 0 Å². The second-order valence-corrected chi connectivity index (χ2v) is 4.76. The lowest BCUT2D eigenvalue weighted by Crippen LogP contribution is -2.14. The highest BCUT2D eigenvalue weighted by atomic mass is 79.9. The van der Waals surface area contributed by atoms with Crippen molar-refractivity contribution in [3.63, 3.8) is 0 Å². The Morgan fingerprint density at radius 3 is 2.63 bits per heavy atom. The van der Waals surface area contributed by atoms with E-state index in [0.29, 0.717) is 21.3 Å². The molecule has 19 heavy (non-hydrogen) atoms. The minimum Gasteiger partial charge on any atom is -0.488 e. The van der Waals surface area contributed by atoms with Crippen LogP contribution in [0.2, 0.25) is 0 Å². The number of halogens is 2. The molecule has 3 N–H and O–H groups in total. The molecule has 0 aromatic heterocycles. The number of ether oxygens (including phenoxy) is 1. The average molecular weight is 323 g/mol. The molecule has 0 atom stereocenters. The molecule has 3 nitrogen and oxygen atoms in total. The SMILES string of the molecule is N=C(N)c1c(Br)cccc1OCc1ccccc1F. The third-order valence-corrected chi connectivity index (χ3v) is 3.25. The quantitative estimate of drug-likeness (QED) is 0.669. The molecule has 0 heterocycles. The minimum atomic E-state index is -0.318. The zero-order valence-electron chi connectivity index (χ0n) is 9.99. The minimum absolute atomic E-state index is 0.0867. The Balaban J connectivity index is 2.23. The van der Waals surface area contributed by atoms with E-state index >= 15 is 0 Å². The van der Waals surface area contributed by atoms with Gasteiger partial charge in [-0.25, -0.2) is 4.39 Å². The van der Waals surface area contributed by atoms with Crippen molar-refractivity contribution >= 4 is 21.8 Å². The molecule has 2 aromatic carbocycles. The predicted molar refractivity (Wildman–Crippen MR) is 75.9 cm³/mol. The van der Waals surface area contributed by atoms with Crippen LogP contribution in [0.1, 0.15) is 11.1 Å². The fourth-order valence-electron chi connectivity index (χ4n) is 1.66. The van der Waals surface area contributed by atoms with Crippen LogP contribution in [-0.4, -0.2) is 5.84 Å². The van der Waals surface area contributed by atoms with Crippen molar-refractivity contribution in [1.82, 2.24) is 0 Å². The van der Waals surface area contributed by atoms with Crippen LogP contribution in [0.15, 0.2) is 46.9 Å².